The maximum atomic E-state index is 13.0. The molecule has 3 aromatic carbocycles. The van der Waals surface area contributed by atoms with Gasteiger partial charge in [-0.15, -0.1) is 0 Å². The lowest BCUT2D eigenvalue weighted by atomic mass is 9.95. The first-order chi connectivity index (χ1) is 16.5. The summed E-state index contributed by atoms with van der Waals surface area (Å²) in [5.41, 5.74) is 0.849. The molecule has 3 aromatic rings. The van der Waals surface area contributed by atoms with Gasteiger partial charge in [-0.3, -0.25) is 14.9 Å². The standard InChI is InChI=1S/C26H23N3O5/c27-17-18-6-10-22(11-7-18)33-24-14-19(26(30)28-20-4-2-1-3-5-20)15-25(16-24)34-23-12-8-21(9-13-23)29(31)32/h6-16,20H,1-5H2,(H,28,30). The molecule has 8 heteroatoms. The van der Waals surface area contributed by atoms with E-state index in [0.717, 1.165) is 25.7 Å². The van der Waals surface area contributed by atoms with Crippen LogP contribution < -0.4 is 14.8 Å². The summed E-state index contributed by atoms with van der Waals surface area (Å²) in [5.74, 6) is 1.42. The summed E-state index contributed by atoms with van der Waals surface area (Å²) in [6.07, 6.45) is 5.30. The molecule has 0 bridgehead atoms. The second-order valence-electron chi connectivity index (χ2n) is 8.09. The van der Waals surface area contributed by atoms with Gasteiger partial charge in [0.15, 0.2) is 0 Å². The fourth-order valence-electron chi connectivity index (χ4n) is 3.84. The highest BCUT2D eigenvalue weighted by molar-refractivity contribution is 5.95. The van der Waals surface area contributed by atoms with Crippen molar-refractivity contribution in [3.63, 3.8) is 0 Å². The van der Waals surface area contributed by atoms with Crippen LogP contribution in [-0.4, -0.2) is 16.9 Å². The van der Waals surface area contributed by atoms with E-state index in [2.05, 4.69) is 11.4 Å². The van der Waals surface area contributed by atoms with Crippen molar-refractivity contribution in [1.82, 2.24) is 5.32 Å². The topological polar surface area (TPSA) is 114 Å². The van der Waals surface area contributed by atoms with Crippen molar-refractivity contribution >= 4 is 11.6 Å². The largest absolute Gasteiger partial charge is 0.457 e. The summed E-state index contributed by atoms with van der Waals surface area (Å²) in [5, 5.41) is 23.0. The number of rotatable bonds is 7. The van der Waals surface area contributed by atoms with Crippen molar-refractivity contribution in [1.29, 1.82) is 5.26 Å². The number of ether oxygens (including phenoxy) is 2. The molecule has 0 radical (unpaired) electrons. The van der Waals surface area contributed by atoms with Crippen molar-refractivity contribution < 1.29 is 19.2 Å². The number of amides is 1. The number of hydrogen-bond acceptors (Lipinski definition) is 6. The Labute approximate surface area is 196 Å². The first-order valence-electron chi connectivity index (χ1n) is 11.1. The summed E-state index contributed by atoms with van der Waals surface area (Å²) in [6.45, 7) is 0. The van der Waals surface area contributed by atoms with Crippen LogP contribution in [0, 0.1) is 21.4 Å². The van der Waals surface area contributed by atoms with Gasteiger partial charge in [-0.05, 0) is 61.4 Å². The molecule has 1 fully saturated rings. The summed E-state index contributed by atoms with van der Waals surface area (Å²) in [7, 11) is 0. The summed E-state index contributed by atoms with van der Waals surface area (Å²) in [6, 6.07) is 19.4. The molecule has 0 unspecified atom stereocenters. The highest BCUT2D eigenvalue weighted by Gasteiger charge is 2.18. The van der Waals surface area contributed by atoms with E-state index in [1.165, 1.54) is 30.7 Å². The molecule has 4 rings (SSSR count). The third-order valence-electron chi connectivity index (χ3n) is 5.58. The maximum absolute atomic E-state index is 13.0. The van der Waals surface area contributed by atoms with Gasteiger partial charge in [-0.2, -0.15) is 5.26 Å². The highest BCUT2D eigenvalue weighted by Crippen LogP contribution is 2.31. The molecule has 1 aliphatic carbocycles. The Morgan fingerprint density at radius 3 is 1.97 bits per heavy atom. The third-order valence-corrected chi connectivity index (χ3v) is 5.58. The third kappa shape index (κ3) is 5.90. The van der Waals surface area contributed by atoms with E-state index in [1.807, 2.05) is 0 Å². The number of nitro groups is 1. The van der Waals surface area contributed by atoms with Crippen LogP contribution in [0.25, 0.3) is 0 Å². The fraction of sp³-hybridized carbons (Fsp3) is 0.231. The van der Waals surface area contributed by atoms with E-state index >= 15 is 0 Å². The zero-order chi connectivity index (χ0) is 23.9. The van der Waals surface area contributed by atoms with E-state index in [4.69, 9.17) is 14.7 Å². The number of non-ortho nitro benzene ring substituents is 1. The molecule has 0 atom stereocenters. The van der Waals surface area contributed by atoms with Crippen LogP contribution >= 0.6 is 0 Å². The molecular formula is C26H23N3O5. The lowest BCUT2D eigenvalue weighted by Crippen LogP contribution is -2.36. The van der Waals surface area contributed by atoms with E-state index in [9.17, 15) is 14.9 Å². The quantitative estimate of drug-likeness (QED) is 0.338. The number of carbonyl (C=O) groups excluding carboxylic acids is 1. The Kier molecular flexibility index (Phi) is 7.04. The van der Waals surface area contributed by atoms with Crippen molar-refractivity contribution in [2.45, 2.75) is 38.1 Å². The first kappa shape index (κ1) is 22.8. The summed E-state index contributed by atoms with van der Waals surface area (Å²) in [4.78, 5) is 23.4. The van der Waals surface area contributed by atoms with Gasteiger partial charge < -0.3 is 14.8 Å². The van der Waals surface area contributed by atoms with Crippen LogP contribution in [-0.2, 0) is 0 Å². The molecule has 0 aliphatic heterocycles. The zero-order valence-corrected chi connectivity index (χ0v) is 18.4. The van der Waals surface area contributed by atoms with E-state index in [-0.39, 0.29) is 17.6 Å². The Morgan fingerprint density at radius 1 is 0.882 bits per heavy atom. The maximum Gasteiger partial charge on any atom is 0.269 e. The van der Waals surface area contributed by atoms with Crippen LogP contribution in [0.4, 0.5) is 5.69 Å². The van der Waals surface area contributed by atoms with Gasteiger partial charge in [0, 0.05) is 29.8 Å². The number of nitrogens with one attached hydrogen (secondary N) is 1. The predicted octanol–water partition coefficient (Wildman–Crippen LogP) is 6.11. The summed E-state index contributed by atoms with van der Waals surface area (Å²) >= 11 is 0. The molecule has 34 heavy (non-hydrogen) atoms. The van der Waals surface area contributed by atoms with Gasteiger partial charge in [-0.25, -0.2) is 0 Å². The highest BCUT2D eigenvalue weighted by atomic mass is 16.6. The van der Waals surface area contributed by atoms with Gasteiger partial charge in [0.05, 0.1) is 16.6 Å². The first-order valence-corrected chi connectivity index (χ1v) is 11.1. The minimum Gasteiger partial charge on any atom is -0.457 e. The molecule has 1 amide bonds. The Morgan fingerprint density at radius 2 is 1.44 bits per heavy atom. The van der Waals surface area contributed by atoms with E-state index in [0.29, 0.717) is 34.1 Å². The van der Waals surface area contributed by atoms with Crippen molar-refractivity contribution in [3.8, 4) is 29.1 Å². The summed E-state index contributed by atoms with van der Waals surface area (Å²) < 4.78 is 11.8. The number of benzene rings is 3. The van der Waals surface area contributed by atoms with Gasteiger partial charge >= 0.3 is 0 Å². The van der Waals surface area contributed by atoms with Crippen LogP contribution in [0.15, 0.2) is 66.7 Å². The van der Waals surface area contributed by atoms with Gasteiger partial charge in [-0.1, -0.05) is 19.3 Å². The molecule has 0 heterocycles. The molecule has 172 valence electrons. The lowest BCUT2D eigenvalue weighted by molar-refractivity contribution is -0.384. The Hall–Kier alpha value is -4.38. The molecule has 8 nitrogen and oxygen atoms in total. The SMILES string of the molecule is N#Cc1ccc(Oc2cc(Oc3ccc([N+](=O)[O-])cc3)cc(C(=O)NC3CCCCC3)c2)cc1. The van der Waals surface area contributed by atoms with Gasteiger partial charge in [0.1, 0.15) is 23.0 Å². The van der Waals surface area contributed by atoms with Crippen molar-refractivity contribution in [2.24, 2.45) is 0 Å². The minimum atomic E-state index is -0.483. The van der Waals surface area contributed by atoms with Crippen LogP contribution in [0.1, 0.15) is 48.0 Å². The van der Waals surface area contributed by atoms with E-state index in [1.54, 1.807) is 42.5 Å². The Bertz CT molecular complexity index is 1210. The van der Waals surface area contributed by atoms with Crippen LogP contribution in [0.5, 0.6) is 23.0 Å². The molecule has 0 aromatic heterocycles. The second-order valence-corrected chi connectivity index (χ2v) is 8.09. The number of carbonyl (C=O) groups is 1. The molecule has 0 spiro atoms. The average Bonchev–Trinajstić information content (AvgIpc) is 2.85. The molecule has 1 saturated carbocycles. The Balaban J connectivity index is 1.59. The van der Waals surface area contributed by atoms with Crippen LogP contribution in [0.3, 0.4) is 0 Å². The number of nitriles is 1. The minimum absolute atomic E-state index is 0.0437. The normalized spacial score (nSPS) is 13.5. The second kappa shape index (κ2) is 10.5. The average molecular weight is 457 g/mol. The van der Waals surface area contributed by atoms with Crippen LogP contribution in [0.2, 0.25) is 0 Å². The number of nitro benzene ring substituents is 1. The monoisotopic (exact) mass is 457 g/mol. The predicted molar refractivity (Wildman–Crippen MR) is 125 cm³/mol. The molecular weight excluding hydrogens is 434 g/mol. The number of hydrogen-bond donors (Lipinski definition) is 1. The van der Waals surface area contributed by atoms with E-state index < -0.39 is 4.92 Å². The zero-order valence-electron chi connectivity index (χ0n) is 18.4. The molecule has 1 N–H and O–H groups in total. The smallest absolute Gasteiger partial charge is 0.269 e. The van der Waals surface area contributed by atoms with Gasteiger partial charge in [0.25, 0.3) is 11.6 Å². The fourth-order valence-corrected chi connectivity index (χ4v) is 3.84. The number of nitrogens with zero attached hydrogens (tertiary/aromatic N) is 2. The van der Waals surface area contributed by atoms with Gasteiger partial charge in [0.2, 0.25) is 0 Å². The molecule has 1 aliphatic rings. The van der Waals surface area contributed by atoms with Crippen molar-refractivity contribution in [3.05, 3.63) is 88.0 Å². The van der Waals surface area contributed by atoms with Crippen molar-refractivity contribution in [2.75, 3.05) is 0 Å². The lowest BCUT2D eigenvalue weighted by Gasteiger charge is -2.23. The molecule has 0 saturated heterocycles.